The van der Waals surface area contributed by atoms with Gasteiger partial charge in [-0.05, 0) is 29.7 Å². The molecule has 0 saturated carbocycles. The van der Waals surface area contributed by atoms with Crippen LogP contribution >= 0.6 is 12.4 Å². The highest BCUT2D eigenvalue weighted by atomic mass is 35.5. The van der Waals surface area contributed by atoms with E-state index in [1.165, 1.54) is 4.31 Å². The van der Waals surface area contributed by atoms with Gasteiger partial charge in [-0.1, -0.05) is 42.5 Å². The van der Waals surface area contributed by atoms with E-state index in [2.05, 4.69) is 0 Å². The lowest BCUT2D eigenvalue weighted by atomic mass is 9.95. The number of rotatable bonds is 6. The first-order valence-electron chi connectivity index (χ1n) is 8.41. The van der Waals surface area contributed by atoms with Gasteiger partial charge in [-0.3, -0.25) is 0 Å². The summed E-state index contributed by atoms with van der Waals surface area (Å²) in [6.07, 6.45) is 0.765. The number of sulfonamides is 1. The molecule has 1 heterocycles. The highest BCUT2D eigenvalue weighted by Crippen LogP contribution is 2.30. The minimum atomic E-state index is -3.53. The molecule has 3 rings (SSSR count). The second-order valence-corrected chi connectivity index (χ2v) is 8.33. The minimum Gasteiger partial charge on any atom is -0.384 e. The van der Waals surface area contributed by atoms with Gasteiger partial charge in [-0.2, -0.15) is 4.31 Å². The zero-order valence-electron chi connectivity index (χ0n) is 14.7. The SMILES string of the molecule is COCCc1ccc(S(=O)(=O)N2C[C@@H](N)[C@H](c3ccccc3)C2)cc1.Cl. The second kappa shape index (κ2) is 8.97. The van der Waals surface area contributed by atoms with Crippen molar-refractivity contribution in [2.45, 2.75) is 23.3 Å². The molecule has 2 aromatic carbocycles. The van der Waals surface area contributed by atoms with E-state index in [1.54, 1.807) is 19.2 Å². The third kappa shape index (κ3) is 4.45. The zero-order valence-corrected chi connectivity index (χ0v) is 16.4. The van der Waals surface area contributed by atoms with E-state index in [0.717, 1.165) is 17.5 Å². The van der Waals surface area contributed by atoms with Crippen LogP contribution < -0.4 is 5.73 Å². The van der Waals surface area contributed by atoms with Crippen LogP contribution in [0.2, 0.25) is 0 Å². The Bertz CT molecular complexity index is 797. The highest BCUT2D eigenvalue weighted by Gasteiger charge is 2.38. The molecule has 26 heavy (non-hydrogen) atoms. The van der Waals surface area contributed by atoms with Gasteiger partial charge in [0, 0.05) is 32.2 Å². The second-order valence-electron chi connectivity index (χ2n) is 6.39. The summed E-state index contributed by atoms with van der Waals surface area (Å²) in [5.41, 5.74) is 8.38. The predicted octanol–water partition coefficient (Wildman–Crippen LogP) is 2.41. The third-order valence-electron chi connectivity index (χ3n) is 4.72. The van der Waals surface area contributed by atoms with Crippen molar-refractivity contribution >= 4 is 22.4 Å². The Labute approximate surface area is 161 Å². The molecule has 0 aliphatic carbocycles. The summed E-state index contributed by atoms with van der Waals surface area (Å²) in [5, 5.41) is 0. The molecule has 1 fully saturated rings. The van der Waals surface area contributed by atoms with Crippen LogP contribution in [-0.4, -0.2) is 45.6 Å². The highest BCUT2D eigenvalue weighted by molar-refractivity contribution is 7.89. The fraction of sp³-hybridized carbons (Fsp3) is 0.368. The molecular formula is C19H25ClN2O3S. The van der Waals surface area contributed by atoms with Gasteiger partial charge in [0.1, 0.15) is 0 Å². The van der Waals surface area contributed by atoms with E-state index < -0.39 is 10.0 Å². The zero-order chi connectivity index (χ0) is 17.9. The Morgan fingerprint density at radius 2 is 1.73 bits per heavy atom. The Hall–Kier alpha value is -1.44. The first kappa shape index (κ1) is 20.9. The van der Waals surface area contributed by atoms with E-state index >= 15 is 0 Å². The molecule has 2 aromatic rings. The lowest BCUT2D eigenvalue weighted by Gasteiger charge is -2.17. The smallest absolute Gasteiger partial charge is 0.243 e. The maximum absolute atomic E-state index is 12.9. The quantitative estimate of drug-likeness (QED) is 0.813. The van der Waals surface area contributed by atoms with Crippen molar-refractivity contribution in [2.24, 2.45) is 5.73 Å². The molecule has 2 N–H and O–H groups in total. The molecule has 0 amide bonds. The maximum atomic E-state index is 12.9. The number of hydrogen-bond donors (Lipinski definition) is 1. The van der Waals surface area contributed by atoms with E-state index in [-0.39, 0.29) is 24.4 Å². The molecule has 0 spiro atoms. The van der Waals surface area contributed by atoms with Gasteiger partial charge >= 0.3 is 0 Å². The standard InChI is InChI=1S/C19H24N2O3S.ClH/c1-24-12-11-15-7-9-17(10-8-15)25(22,23)21-13-18(19(20)14-21)16-5-3-2-4-6-16;/h2-10,18-19H,11-14,20H2,1H3;1H/t18-,19+;/m0./s1. The average molecular weight is 397 g/mol. The van der Waals surface area contributed by atoms with E-state index in [9.17, 15) is 8.42 Å². The van der Waals surface area contributed by atoms with Gasteiger partial charge in [0.15, 0.2) is 0 Å². The number of hydrogen-bond acceptors (Lipinski definition) is 4. The van der Waals surface area contributed by atoms with E-state index in [4.69, 9.17) is 10.5 Å². The van der Waals surface area contributed by atoms with Crippen LogP contribution in [0.1, 0.15) is 17.0 Å². The van der Waals surface area contributed by atoms with Gasteiger partial charge in [0.05, 0.1) is 11.5 Å². The summed E-state index contributed by atoms with van der Waals surface area (Å²) in [5.74, 6) is 0.0250. The first-order chi connectivity index (χ1) is 12.0. The molecule has 1 aliphatic rings. The monoisotopic (exact) mass is 396 g/mol. The Balaban J connectivity index is 0.00000243. The molecule has 7 heteroatoms. The number of methoxy groups -OCH3 is 1. The molecule has 0 aromatic heterocycles. The minimum absolute atomic E-state index is 0. The normalized spacial score (nSPS) is 20.7. The van der Waals surface area contributed by atoms with Crippen molar-refractivity contribution in [2.75, 3.05) is 26.8 Å². The number of halogens is 1. The predicted molar refractivity (Wildman–Crippen MR) is 105 cm³/mol. The molecule has 0 bridgehead atoms. The van der Waals surface area contributed by atoms with E-state index in [1.807, 2.05) is 42.5 Å². The van der Waals surface area contributed by atoms with Gasteiger partial charge in [0.2, 0.25) is 10.0 Å². The summed E-state index contributed by atoms with van der Waals surface area (Å²) in [6, 6.07) is 16.7. The molecule has 1 saturated heterocycles. The summed E-state index contributed by atoms with van der Waals surface area (Å²) in [4.78, 5) is 0.314. The number of benzene rings is 2. The van der Waals surface area contributed by atoms with Crippen LogP contribution in [0.4, 0.5) is 0 Å². The number of nitrogens with zero attached hydrogens (tertiary/aromatic N) is 1. The van der Waals surface area contributed by atoms with Crippen LogP contribution in [0.3, 0.4) is 0 Å². The molecule has 0 unspecified atom stereocenters. The maximum Gasteiger partial charge on any atom is 0.243 e. The van der Waals surface area contributed by atoms with Crippen LogP contribution in [0.5, 0.6) is 0 Å². The number of nitrogens with two attached hydrogens (primary N) is 1. The topological polar surface area (TPSA) is 72.6 Å². The summed E-state index contributed by atoms with van der Waals surface area (Å²) in [7, 11) is -1.88. The lowest BCUT2D eigenvalue weighted by Crippen LogP contribution is -2.32. The van der Waals surface area contributed by atoms with Gasteiger partial charge in [-0.25, -0.2) is 8.42 Å². The molecule has 2 atom stereocenters. The van der Waals surface area contributed by atoms with Crippen molar-refractivity contribution in [1.29, 1.82) is 0 Å². The fourth-order valence-electron chi connectivity index (χ4n) is 3.24. The van der Waals surface area contributed by atoms with Crippen molar-refractivity contribution in [3.8, 4) is 0 Å². The molecule has 1 aliphatic heterocycles. The van der Waals surface area contributed by atoms with Crippen molar-refractivity contribution in [3.05, 3.63) is 65.7 Å². The summed E-state index contributed by atoms with van der Waals surface area (Å²) in [6.45, 7) is 1.37. The third-order valence-corrected chi connectivity index (χ3v) is 6.56. The molecule has 5 nitrogen and oxygen atoms in total. The van der Waals surface area contributed by atoms with Gasteiger partial charge in [-0.15, -0.1) is 12.4 Å². The van der Waals surface area contributed by atoms with Crippen LogP contribution in [0.15, 0.2) is 59.5 Å². The largest absolute Gasteiger partial charge is 0.384 e. The summed E-state index contributed by atoms with van der Waals surface area (Å²) < 4.78 is 32.4. The van der Waals surface area contributed by atoms with Crippen LogP contribution in [-0.2, 0) is 21.2 Å². The van der Waals surface area contributed by atoms with Crippen molar-refractivity contribution in [3.63, 3.8) is 0 Å². The van der Waals surface area contributed by atoms with Crippen molar-refractivity contribution < 1.29 is 13.2 Å². The average Bonchev–Trinajstić information content (AvgIpc) is 3.03. The number of ether oxygens (including phenoxy) is 1. The van der Waals surface area contributed by atoms with Crippen LogP contribution in [0, 0.1) is 0 Å². The first-order valence-corrected chi connectivity index (χ1v) is 9.85. The van der Waals surface area contributed by atoms with Crippen LogP contribution in [0.25, 0.3) is 0 Å². The fourth-order valence-corrected chi connectivity index (χ4v) is 4.74. The molecule has 142 valence electrons. The Morgan fingerprint density at radius 3 is 2.35 bits per heavy atom. The molecule has 0 radical (unpaired) electrons. The van der Waals surface area contributed by atoms with Gasteiger partial charge in [0.25, 0.3) is 0 Å². The Kier molecular flexibility index (Phi) is 7.20. The van der Waals surface area contributed by atoms with Crippen molar-refractivity contribution in [1.82, 2.24) is 4.31 Å². The summed E-state index contributed by atoms with van der Waals surface area (Å²) >= 11 is 0. The van der Waals surface area contributed by atoms with E-state index in [0.29, 0.717) is 24.6 Å². The molecular weight excluding hydrogens is 372 g/mol. The Morgan fingerprint density at radius 1 is 1.08 bits per heavy atom. The lowest BCUT2D eigenvalue weighted by molar-refractivity contribution is 0.202. The van der Waals surface area contributed by atoms with Gasteiger partial charge < -0.3 is 10.5 Å².